The van der Waals surface area contributed by atoms with E-state index in [1.54, 1.807) is 18.3 Å². The minimum Gasteiger partial charge on any atom is -0.497 e. The van der Waals surface area contributed by atoms with Crippen LogP contribution in [0.1, 0.15) is 30.1 Å². The van der Waals surface area contributed by atoms with Gasteiger partial charge in [-0.15, -0.1) is 0 Å². The van der Waals surface area contributed by atoms with Crippen LogP contribution in [0.3, 0.4) is 0 Å². The smallest absolute Gasteiger partial charge is 0.131 e. The minimum absolute atomic E-state index is 0.0593. The Morgan fingerprint density at radius 3 is 2.60 bits per heavy atom. The highest BCUT2D eigenvalue weighted by Crippen LogP contribution is 2.31. The molecule has 1 heterocycles. The van der Waals surface area contributed by atoms with Crippen molar-refractivity contribution in [3.05, 3.63) is 59.7 Å². The fourth-order valence-electron chi connectivity index (χ4n) is 2.38. The van der Waals surface area contributed by atoms with Crippen LogP contribution >= 0.6 is 0 Å². The van der Waals surface area contributed by atoms with E-state index in [-0.39, 0.29) is 17.8 Å². The fraction of sp³-hybridized carbons (Fsp3) is 0.312. The molecule has 2 atom stereocenters. The lowest BCUT2D eigenvalue weighted by atomic mass is 9.91. The van der Waals surface area contributed by atoms with Crippen LogP contribution in [0.2, 0.25) is 0 Å². The molecule has 106 valence electrons. The number of nitrogens with zero attached hydrogens (tertiary/aromatic N) is 1. The molecular formula is C16H19FN2O. The van der Waals surface area contributed by atoms with Crippen LogP contribution < -0.4 is 10.1 Å². The van der Waals surface area contributed by atoms with Gasteiger partial charge < -0.3 is 10.1 Å². The van der Waals surface area contributed by atoms with Crippen LogP contribution in [-0.4, -0.2) is 19.1 Å². The number of rotatable bonds is 5. The minimum atomic E-state index is -0.272. The Bertz CT molecular complexity index is 560. The highest BCUT2D eigenvalue weighted by molar-refractivity contribution is 5.32. The first-order chi connectivity index (χ1) is 9.67. The maximum Gasteiger partial charge on any atom is 0.131 e. The van der Waals surface area contributed by atoms with E-state index >= 15 is 0 Å². The summed E-state index contributed by atoms with van der Waals surface area (Å²) in [4.78, 5) is 4.35. The van der Waals surface area contributed by atoms with Crippen LogP contribution in [0.25, 0.3) is 0 Å². The summed E-state index contributed by atoms with van der Waals surface area (Å²) in [5.74, 6) is 0.308. The van der Waals surface area contributed by atoms with Gasteiger partial charge in [0.15, 0.2) is 0 Å². The van der Waals surface area contributed by atoms with Gasteiger partial charge in [-0.1, -0.05) is 19.1 Å². The summed E-state index contributed by atoms with van der Waals surface area (Å²) in [6.07, 6.45) is 1.75. The molecule has 0 aliphatic heterocycles. The van der Waals surface area contributed by atoms with Gasteiger partial charge in [0.2, 0.25) is 0 Å². The first-order valence-electron chi connectivity index (χ1n) is 6.59. The molecule has 3 nitrogen and oxygen atoms in total. The first-order valence-corrected chi connectivity index (χ1v) is 6.59. The Labute approximate surface area is 118 Å². The lowest BCUT2D eigenvalue weighted by Crippen LogP contribution is -2.23. The Balaban J connectivity index is 2.33. The van der Waals surface area contributed by atoms with Crippen molar-refractivity contribution >= 4 is 0 Å². The standard InChI is InChI=1S/C16H19FN2O/c1-11(15-6-4-5-9-19-15)16(18-2)13-8-7-12(20-3)10-14(13)17/h4-11,16,18H,1-3H3. The second-order valence-corrected chi connectivity index (χ2v) is 4.70. The highest BCUT2D eigenvalue weighted by atomic mass is 19.1. The number of ether oxygens (including phenoxy) is 1. The number of aromatic nitrogens is 1. The number of pyridine rings is 1. The van der Waals surface area contributed by atoms with Crippen molar-refractivity contribution in [2.45, 2.75) is 18.9 Å². The lowest BCUT2D eigenvalue weighted by molar-refractivity contribution is 0.407. The molecule has 1 N–H and O–H groups in total. The van der Waals surface area contributed by atoms with Gasteiger partial charge in [0.05, 0.1) is 7.11 Å². The number of halogens is 1. The number of hydrogen-bond donors (Lipinski definition) is 1. The van der Waals surface area contributed by atoms with Crippen LogP contribution in [0.15, 0.2) is 42.6 Å². The fourth-order valence-corrected chi connectivity index (χ4v) is 2.38. The monoisotopic (exact) mass is 274 g/mol. The zero-order valence-electron chi connectivity index (χ0n) is 11.9. The molecule has 2 aromatic rings. The SMILES string of the molecule is CNC(c1ccc(OC)cc1F)C(C)c1ccccn1. The number of nitrogens with one attached hydrogen (secondary N) is 1. The number of benzene rings is 1. The third-order valence-corrected chi connectivity index (χ3v) is 3.51. The van der Waals surface area contributed by atoms with Gasteiger partial charge in [0, 0.05) is 35.5 Å². The molecule has 2 rings (SSSR count). The van der Waals surface area contributed by atoms with E-state index < -0.39 is 0 Å². The van der Waals surface area contributed by atoms with Crippen molar-refractivity contribution in [1.29, 1.82) is 0 Å². The molecule has 1 aromatic carbocycles. The predicted octanol–water partition coefficient (Wildman–Crippen LogP) is 3.29. The number of hydrogen-bond acceptors (Lipinski definition) is 3. The summed E-state index contributed by atoms with van der Waals surface area (Å²) in [5, 5.41) is 3.17. The summed E-state index contributed by atoms with van der Waals surface area (Å²) >= 11 is 0. The average Bonchev–Trinajstić information content (AvgIpc) is 2.50. The molecule has 2 unspecified atom stereocenters. The van der Waals surface area contributed by atoms with Gasteiger partial charge in [-0.25, -0.2) is 4.39 Å². The average molecular weight is 274 g/mol. The van der Waals surface area contributed by atoms with E-state index in [9.17, 15) is 4.39 Å². The molecule has 0 bridgehead atoms. The van der Waals surface area contributed by atoms with Gasteiger partial charge in [-0.3, -0.25) is 4.98 Å². The van der Waals surface area contributed by atoms with Crippen molar-refractivity contribution in [2.24, 2.45) is 0 Å². The van der Waals surface area contributed by atoms with E-state index in [1.807, 2.05) is 32.2 Å². The molecule has 0 aliphatic carbocycles. The van der Waals surface area contributed by atoms with Gasteiger partial charge in [0.25, 0.3) is 0 Å². The molecule has 0 saturated carbocycles. The van der Waals surface area contributed by atoms with E-state index in [0.717, 1.165) is 5.69 Å². The molecule has 0 fully saturated rings. The molecule has 0 saturated heterocycles. The Morgan fingerprint density at radius 1 is 1.25 bits per heavy atom. The third-order valence-electron chi connectivity index (χ3n) is 3.51. The van der Waals surface area contributed by atoms with Gasteiger partial charge in [-0.2, -0.15) is 0 Å². The molecule has 0 amide bonds. The maximum atomic E-state index is 14.2. The van der Waals surface area contributed by atoms with E-state index in [1.165, 1.54) is 13.2 Å². The maximum absolute atomic E-state index is 14.2. The Kier molecular flexibility index (Phi) is 4.69. The number of methoxy groups -OCH3 is 1. The molecule has 0 aliphatic rings. The first kappa shape index (κ1) is 14.5. The molecular weight excluding hydrogens is 255 g/mol. The summed E-state index contributed by atoms with van der Waals surface area (Å²) in [5.41, 5.74) is 1.55. The Morgan fingerprint density at radius 2 is 2.05 bits per heavy atom. The van der Waals surface area contributed by atoms with Crippen molar-refractivity contribution in [3.8, 4) is 5.75 Å². The lowest BCUT2D eigenvalue weighted by Gasteiger charge is -2.24. The van der Waals surface area contributed by atoms with E-state index in [2.05, 4.69) is 10.3 Å². The molecule has 4 heteroatoms. The van der Waals surface area contributed by atoms with Crippen LogP contribution in [0, 0.1) is 5.82 Å². The largest absolute Gasteiger partial charge is 0.497 e. The van der Waals surface area contributed by atoms with Gasteiger partial charge >= 0.3 is 0 Å². The normalized spacial score (nSPS) is 13.8. The van der Waals surface area contributed by atoms with Crippen molar-refractivity contribution in [3.63, 3.8) is 0 Å². The summed E-state index contributed by atoms with van der Waals surface area (Å²) in [7, 11) is 3.36. The predicted molar refractivity (Wildman–Crippen MR) is 77.4 cm³/mol. The highest BCUT2D eigenvalue weighted by Gasteiger charge is 2.23. The zero-order valence-corrected chi connectivity index (χ0v) is 11.9. The molecule has 1 aromatic heterocycles. The second-order valence-electron chi connectivity index (χ2n) is 4.70. The van der Waals surface area contributed by atoms with E-state index in [0.29, 0.717) is 11.3 Å². The Hall–Kier alpha value is -1.94. The molecule has 0 radical (unpaired) electrons. The second kappa shape index (κ2) is 6.48. The molecule has 0 spiro atoms. The van der Waals surface area contributed by atoms with Crippen molar-refractivity contribution < 1.29 is 9.13 Å². The van der Waals surface area contributed by atoms with Gasteiger partial charge in [0.1, 0.15) is 11.6 Å². The van der Waals surface area contributed by atoms with Crippen molar-refractivity contribution in [2.75, 3.05) is 14.2 Å². The number of likely N-dealkylation sites (N-methyl/N-ethyl adjacent to an activating group) is 1. The quantitative estimate of drug-likeness (QED) is 0.908. The van der Waals surface area contributed by atoms with E-state index in [4.69, 9.17) is 4.74 Å². The third kappa shape index (κ3) is 2.96. The van der Waals surface area contributed by atoms with Crippen LogP contribution in [-0.2, 0) is 0 Å². The zero-order chi connectivity index (χ0) is 14.5. The summed E-state index contributed by atoms with van der Waals surface area (Å²) in [6, 6.07) is 10.6. The molecule has 20 heavy (non-hydrogen) atoms. The van der Waals surface area contributed by atoms with Crippen LogP contribution in [0.5, 0.6) is 5.75 Å². The van der Waals surface area contributed by atoms with Crippen molar-refractivity contribution in [1.82, 2.24) is 10.3 Å². The summed E-state index contributed by atoms with van der Waals surface area (Å²) < 4.78 is 19.2. The topological polar surface area (TPSA) is 34.1 Å². The summed E-state index contributed by atoms with van der Waals surface area (Å²) in [6.45, 7) is 2.03. The van der Waals surface area contributed by atoms with Gasteiger partial charge in [-0.05, 0) is 25.2 Å². The van der Waals surface area contributed by atoms with Crippen LogP contribution in [0.4, 0.5) is 4.39 Å².